The first kappa shape index (κ1) is 12.9. The average molecular weight is 215 g/mol. The summed E-state index contributed by atoms with van der Waals surface area (Å²) in [6.07, 6.45) is 4.95. The standard InChI is InChI=1S/C12H25NO2/c1-3-12(6-5-7-12)10-13-8-11(14)9-15-4-2/h11,13-14H,3-10H2,1-2H3. The van der Waals surface area contributed by atoms with Crippen LogP contribution in [0.4, 0.5) is 0 Å². The maximum absolute atomic E-state index is 9.55. The molecule has 0 radical (unpaired) electrons. The number of aliphatic hydroxyl groups excluding tert-OH is 1. The topological polar surface area (TPSA) is 41.5 Å². The van der Waals surface area contributed by atoms with Crippen molar-refractivity contribution in [3.63, 3.8) is 0 Å². The molecule has 0 bridgehead atoms. The highest BCUT2D eigenvalue weighted by Crippen LogP contribution is 2.42. The predicted molar refractivity (Wildman–Crippen MR) is 61.9 cm³/mol. The molecule has 0 amide bonds. The lowest BCUT2D eigenvalue weighted by molar-refractivity contribution is 0.0379. The van der Waals surface area contributed by atoms with E-state index in [1.807, 2.05) is 6.92 Å². The molecule has 90 valence electrons. The van der Waals surface area contributed by atoms with Crippen molar-refractivity contribution in [3.05, 3.63) is 0 Å². The molecule has 3 nitrogen and oxygen atoms in total. The molecule has 0 spiro atoms. The Morgan fingerprint density at radius 2 is 2.13 bits per heavy atom. The lowest BCUT2D eigenvalue weighted by atomic mass is 9.67. The van der Waals surface area contributed by atoms with Gasteiger partial charge in [0.05, 0.1) is 12.7 Å². The van der Waals surface area contributed by atoms with E-state index in [0.29, 0.717) is 25.2 Å². The van der Waals surface area contributed by atoms with E-state index in [-0.39, 0.29) is 6.10 Å². The van der Waals surface area contributed by atoms with E-state index in [1.165, 1.54) is 25.7 Å². The molecule has 1 atom stereocenters. The molecule has 0 aromatic carbocycles. The SMILES string of the molecule is CCOCC(O)CNCC1(CC)CCC1. The maximum atomic E-state index is 9.55. The van der Waals surface area contributed by atoms with Crippen LogP contribution < -0.4 is 5.32 Å². The predicted octanol–water partition coefficient (Wildman–Crippen LogP) is 1.55. The van der Waals surface area contributed by atoms with Crippen LogP contribution in [0.15, 0.2) is 0 Å². The summed E-state index contributed by atoms with van der Waals surface area (Å²) in [6.45, 7) is 7.03. The molecule has 0 saturated heterocycles. The highest BCUT2D eigenvalue weighted by molar-refractivity contribution is 4.88. The number of ether oxygens (including phenoxy) is 1. The minimum Gasteiger partial charge on any atom is -0.389 e. The summed E-state index contributed by atoms with van der Waals surface area (Å²) in [7, 11) is 0. The Labute approximate surface area is 93.2 Å². The molecule has 1 rings (SSSR count). The average Bonchev–Trinajstić information content (AvgIpc) is 2.19. The second-order valence-electron chi connectivity index (χ2n) is 4.65. The highest BCUT2D eigenvalue weighted by Gasteiger charge is 2.34. The van der Waals surface area contributed by atoms with E-state index in [2.05, 4.69) is 12.2 Å². The Morgan fingerprint density at radius 1 is 1.40 bits per heavy atom. The van der Waals surface area contributed by atoms with Crippen molar-refractivity contribution in [3.8, 4) is 0 Å². The second-order valence-corrected chi connectivity index (χ2v) is 4.65. The van der Waals surface area contributed by atoms with Crippen LogP contribution in [0, 0.1) is 5.41 Å². The zero-order chi connectivity index (χ0) is 11.1. The summed E-state index contributed by atoms with van der Waals surface area (Å²) < 4.78 is 5.15. The number of hydrogen-bond acceptors (Lipinski definition) is 3. The smallest absolute Gasteiger partial charge is 0.0897 e. The molecule has 1 fully saturated rings. The van der Waals surface area contributed by atoms with Gasteiger partial charge in [0, 0.05) is 19.7 Å². The van der Waals surface area contributed by atoms with E-state index in [0.717, 1.165) is 6.54 Å². The molecule has 1 saturated carbocycles. The van der Waals surface area contributed by atoms with Gasteiger partial charge in [-0.2, -0.15) is 0 Å². The van der Waals surface area contributed by atoms with Gasteiger partial charge in [-0.05, 0) is 31.6 Å². The van der Waals surface area contributed by atoms with Gasteiger partial charge in [-0.1, -0.05) is 13.3 Å². The second kappa shape index (κ2) is 6.46. The van der Waals surface area contributed by atoms with E-state index < -0.39 is 0 Å². The van der Waals surface area contributed by atoms with Gasteiger partial charge >= 0.3 is 0 Å². The molecule has 3 heteroatoms. The molecule has 2 N–H and O–H groups in total. The van der Waals surface area contributed by atoms with E-state index >= 15 is 0 Å². The molecule has 1 unspecified atom stereocenters. The van der Waals surface area contributed by atoms with Gasteiger partial charge < -0.3 is 15.2 Å². The molecular formula is C12H25NO2. The van der Waals surface area contributed by atoms with Crippen molar-refractivity contribution in [1.29, 1.82) is 0 Å². The van der Waals surface area contributed by atoms with Crippen LogP contribution in [-0.2, 0) is 4.74 Å². The summed E-state index contributed by atoms with van der Waals surface area (Å²) >= 11 is 0. The molecule has 1 aliphatic carbocycles. The Balaban J connectivity index is 2.04. The number of aliphatic hydroxyl groups is 1. The van der Waals surface area contributed by atoms with Crippen molar-refractivity contribution in [2.75, 3.05) is 26.3 Å². The van der Waals surface area contributed by atoms with Crippen LogP contribution in [0.25, 0.3) is 0 Å². The number of nitrogens with one attached hydrogen (secondary N) is 1. The summed E-state index contributed by atoms with van der Waals surface area (Å²) in [5.74, 6) is 0. The van der Waals surface area contributed by atoms with Crippen molar-refractivity contribution >= 4 is 0 Å². The van der Waals surface area contributed by atoms with Gasteiger partial charge in [-0.15, -0.1) is 0 Å². The van der Waals surface area contributed by atoms with Crippen molar-refractivity contribution in [2.24, 2.45) is 5.41 Å². The van der Waals surface area contributed by atoms with Gasteiger partial charge in [0.1, 0.15) is 0 Å². The Hall–Kier alpha value is -0.120. The first-order valence-corrected chi connectivity index (χ1v) is 6.19. The minimum atomic E-state index is -0.362. The van der Waals surface area contributed by atoms with E-state index in [4.69, 9.17) is 4.74 Å². The minimum absolute atomic E-state index is 0.362. The summed E-state index contributed by atoms with van der Waals surface area (Å²) in [5.41, 5.74) is 0.533. The molecule has 1 aliphatic rings. The van der Waals surface area contributed by atoms with Crippen LogP contribution in [-0.4, -0.2) is 37.5 Å². The third kappa shape index (κ3) is 4.09. The normalized spacial score (nSPS) is 21.0. The maximum Gasteiger partial charge on any atom is 0.0897 e. The van der Waals surface area contributed by atoms with Gasteiger partial charge in [0.2, 0.25) is 0 Å². The zero-order valence-corrected chi connectivity index (χ0v) is 10.1. The zero-order valence-electron chi connectivity index (χ0n) is 10.1. The van der Waals surface area contributed by atoms with Crippen LogP contribution in [0.5, 0.6) is 0 Å². The van der Waals surface area contributed by atoms with Gasteiger partial charge in [0.15, 0.2) is 0 Å². The molecule has 0 aromatic rings. The third-order valence-electron chi connectivity index (χ3n) is 3.56. The fourth-order valence-electron chi connectivity index (χ4n) is 2.15. The Morgan fingerprint density at radius 3 is 2.60 bits per heavy atom. The van der Waals surface area contributed by atoms with Crippen LogP contribution in [0.1, 0.15) is 39.5 Å². The van der Waals surface area contributed by atoms with Crippen molar-refractivity contribution in [2.45, 2.75) is 45.6 Å². The monoisotopic (exact) mass is 215 g/mol. The number of rotatable bonds is 8. The molecule has 0 heterocycles. The quantitative estimate of drug-likeness (QED) is 0.645. The third-order valence-corrected chi connectivity index (χ3v) is 3.56. The van der Waals surface area contributed by atoms with E-state index in [1.54, 1.807) is 0 Å². The fraction of sp³-hybridized carbons (Fsp3) is 1.00. The first-order chi connectivity index (χ1) is 7.22. The molecule has 0 aromatic heterocycles. The summed E-state index contributed by atoms with van der Waals surface area (Å²) in [4.78, 5) is 0. The summed E-state index contributed by atoms with van der Waals surface area (Å²) in [5, 5.41) is 12.9. The van der Waals surface area contributed by atoms with Crippen LogP contribution in [0.2, 0.25) is 0 Å². The van der Waals surface area contributed by atoms with Crippen molar-refractivity contribution < 1.29 is 9.84 Å². The van der Waals surface area contributed by atoms with Gasteiger partial charge in [0.25, 0.3) is 0 Å². The van der Waals surface area contributed by atoms with Gasteiger partial charge in [-0.25, -0.2) is 0 Å². The fourth-order valence-corrected chi connectivity index (χ4v) is 2.15. The highest BCUT2D eigenvalue weighted by atomic mass is 16.5. The van der Waals surface area contributed by atoms with Gasteiger partial charge in [-0.3, -0.25) is 0 Å². The number of hydrogen-bond donors (Lipinski definition) is 2. The lowest BCUT2D eigenvalue weighted by Crippen LogP contribution is -2.42. The molecular weight excluding hydrogens is 190 g/mol. The lowest BCUT2D eigenvalue weighted by Gasteiger charge is -2.41. The van der Waals surface area contributed by atoms with Crippen LogP contribution in [0.3, 0.4) is 0 Å². The largest absolute Gasteiger partial charge is 0.389 e. The Bertz CT molecular complexity index is 163. The van der Waals surface area contributed by atoms with Crippen LogP contribution >= 0.6 is 0 Å². The molecule has 15 heavy (non-hydrogen) atoms. The van der Waals surface area contributed by atoms with E-state index in [9.17, 15) is 5.11 Å². The molecule has 0 aliphatic heterocycles. The van der Waals surface area contributed by atoms with Crippen molar-refractivity contribution in [1.82, 2.24) is 5.32 Å². The summed E-state index contributed by atoms with van der Waals surface area (Å²) in [6, 6.07) is 0. The first-order valence-electron chi connectivity index (χ1n) is 6.19. The Kier molecular flexibility index (Phi) is 5.58.